The molecule has 1 atom stereocenters. The van der Waals surface area contributed by atoms with Gasteiger partial charge in [-0.1, -0.05) is 13.8 Å². The quantitative estimate of drug-likeness (QED) is 0.575. The second-order valence-corrected chi connectivity index (χ2v) is 7.39. The minimum absolute atomic E-state index is 0.0986. The molecule has 0 aromatic carbocycles. The van der Waals surface area contributed by atoms with E-state index in [1.807, 2.05) is 13.8 Å². The van der Waals surface area contributed by atoms with Crippen LogP contribution in [-0.2, 0) is 16.0 Å². The lowest BCUT2D eigenvalue weighted by Crippen LogP contribution is -2.45. The zero-order chi connectivity index (χ0) is 22.1. The van der Waals surface area contributed by atoms with E-state index in [1.54, 1.807) is 38.4 Å². The lowest BCUT2D eigenvalue weighted by molar-refractivity contribution is -0.120. The lowest BCUT2D eigenvalue weighted by Gasteiger charge is -2.20. The number of rotatable bonds is 9. The zero-order valence-electron chi connectivity index (χ0n) is 17.8. The van der Waals surface area contributed by atoms with Crippen molar-refractivity contribution in [3.8, 4) is 11.4 Å². The van der Waals surface area contributed by atoms with Gasteiger partial charge >= 0.3 is 6.09 Å². The minimum atomic E-state index is -0.513. The molecule has 0 aliphatic rings. The number of aryl methyl sites for hydroxylation is 1. The van der Waals surface area contributed by atoms with Crippen molar-refractivity contribution in [1.82, 2.24) is 25.6 Å². The van der Waals surface area contributed by atoms with Crippen LogP contribution in [0.2, 0.25) is 0 Å². The highest BCUT2D eigenvalue weighted by molar-refractivity contribution is 5.79. The number of aromatic amines is 1. The molecule has 0 fully saturated rings. The van der Waals surface area contributed by atoms with Gasteiger partial charge in [0.1, 0.15) is 5.82 Å². The molecule has 0 spiro atoms. The predicted molar refractivity (Wildman–Crippen MR) is 113 cm³/mol. The summed E-state index contributed by atoms with van der Waals surface area (Å²) in [6.45, 7) is 8.01. The van der Waals surface area contributed by atoms with Crippen LogP contribution in [0.25, 0.3) is 11.4 Å². The monoisotopic (exact) mass is 415 g/mol. The van der Waals surface area contributed by atoms with Crippen LogP contribution in [0.4, 0.5) is 4.79 Å². The van der Waals surface area contributed by atoms with E-state index in [2.05, 4.69) is 25.6 Å². The fraction of sp³-hybridized carbons (Fsp3) is 0.476. The Bertz CT molecular complexity index is 911. The summed E-state index contributed by atoms with van der Waals surface area (Å²) in [6.07, 6.45) is 3.30. The molecule has 0 bridgehead atoms. The van der Waals surface area contributed by atoms with Crippen LogP contribution in [-0.4, -0.2) is 46.1 Å². The molecular weight excluding hydrogens is 386 g/mol. The number of aromatic nitrogens is 3. The predicted octanol–water partition coefficient (Wildman–Crippen LogP) is 1.96. The van der Waals surface area contributed by atoms with Crippen molar-refractivity contribution >= 4 is 12.0 Å². The van der Waals surface area contributed by atoms with Crippen molar-refractivity contribution in [3.63, 3.8) is 0 Å². The Morgan fingerprint density at radius 3 is 2.53 bits per heavy atom. The molecule has 9 nitrogen and oxygen atoms in total. The van der Waals surface area contributed by atoms with E-state index in [0.717, 1.165) is 5.56 Å². The first-order valence-corrected chi connectivity index (χ1v) is 10.00. The van der Waals surface area contributed by atoms with Crippen molar-refractivity contribution in [1.29, 1.82) is 0 Å². The van der Waals surface area contributed by atoms with Gasteiger partial charge in [0.2, 0.25) is 5.91 Å². The zero-order valence-corrected chi connectivity index (χ0v) is 17.8. The first-order valence-electron chi connectivity index (χ1n) is 10.00. The summed E-state index contributed by atoms with van der Waals surface area (Å²) in [4.78, 5) is 47.7. The average molecular weight is 415 g/mol. The summed E-state index contributed by atoms with van der Waals surface area (Å²) in [5, 5.41) is 5.54. The molecule has 2 amide bonds. The van der Waals surface area contributed by atoms with Gasteiger partial charge in [-0.05, 0) is 38.3 Å². The fourth-order valence-corrected chi connectivity index (χ4v) is 3.03. The standard InChI is InChI=1S/C21H29N5O4/c1-5-30-21(29)25-16(10-13(2)3)12-23-18(27)11-17-14(4)24-19(26-20(17)28)15-6-8-22-9-7-15/h6-9,13,16H,5,10-12H2,1-4H3,(H,23,27)(H,25,29)(H,24,26,28)/t16-/m1/s1. The molecule has 3 N–H and O–H groups in total. The van der Waals surface area contributed by atoms with Crippen molar-refractivity contribution in [3.05, 3.63) is 46.1 Å². The van der Waals surface area contributed by atoms with Crippen LogP contribution in [0.1, 0.15) is 38.4 Å². The highest BCUT2D eigenvalue weighted by Crippen LogP contribution is 2.13. The first-order chi connectivity index (χ1) is 14.3. The summed E-state index contributed by atoms with van der Waals surface area (Å²) in [5.74, 6) is 0.435. The second kappa shape index (κ2) is 11.1. The summed E-state index contributed by atoms with van der Waals surface area (Å²) < 4.78 is 4.92. The molecule has 0 radical (unpaired) electrons. The summed E-state index contributed by atoms with van der Waals surface area (Å²) >= 11 is 0. The van der Waals surface area contributed by atoms with E-state index in [4.69, 9.17) is 4.74 Å². The number of carbonyl (C=O) groups is 2. The number of H-pyrrole nitrogens is 1. The lowest BCUT2D eigenvalue weighted by atomic mass is 10.0. The minimum Gasteiger partial charge on any atom is -0.450 e. The molecule has 0 saturated carbocycles. The molecule has 2 aromatic heterocycles. The number of alkyl carbamates (subject to hydrolysis) is 1. The summed E-state index contributed by atoms with van der Waals surface area (Å²) in [5.41, 5.74) is 1.18. The van der Waals surface area contributed by atoms with Gasteiger partial charge < -0.3 is 20.4 Å². The van der Waals surface area contributed by atoms with Gasteiger partial charge in [0.25, 0.3) is 5.56 Å². The van der Waals surface area contributed by atoms with Crippen LogP contribution in [0.5, 0.6) is 0 Å². The van der Waals surface area contributed by atoms with E-state index >= 15 is 0 Å². The van der Waals surface area contributed by atoms with Crippen LogP contribution in [0.15, 0.2) is 29.3 Å². The maximum Gasteiger partial charge on any atom is 0.407 e. The van der Waals surface area contributed by atoms with E-state index in [0.29, 0.717) is 29.4 Å². The van der Waals surface area contributed by atoms with Gasteiger partial charge in [0.05, 0.1) is 13.0 Å². The van der Waals surface area contributed by atoms with Crippen LogP contribution >= 0.6 is 0 Å². The third-order valence-corrected chi connectivity index (χ3v) is 4.41. The number of nitrogens with one attached hydrogen (secondary N) is 3. The third kappa shape index (κ3) is 6.98. The van der Waals surface area contributed by atoms with Gasteiger partial charge in [-0.15, -0.1) is 0 Å². The number of nitrogens with zero attached hydrogens (tertiary/aromatic N) is 2. The molecule has 2 aromatic rings. The molecule has 2 heterocycles. The SMILES string of the molecule is CCOC(=O)N[C@@H](CNC(=O)Cc1c(C)nc(-c2ccncc2)[nH]c1=O)CC(C)C. The molecule has 2 rings (SSSR count). The Balaban J connectivity index is 2.02. The summed E-state index contributed by atoms with van der Waals surface area (Å²) in [6, 6.07) is 3.23. The Labute approximate surface area is 175 Å². The average Bonchev–Trinajstić information content (AvgIpc) is 2.69. The Morgan fingerprint density at radius 2 is 1.93 bits per heavy atom. The Kier molecular flexibility index (Phi) is 8.52. The number of pyridine rings is 1. The number of ether oxygens (including phenoxy) is 1. The first kappa shape index (κ1) is 23.1. The van der Waals surface area contributed by atoms with Crippen molar-refractivity contribution in [2.45, 2.75) is 46.6 Å². The van der Waals surface area contributed by atoms with Crippen LogP contribution in [0, 0.1) is 12.8 Å². The molecular formula is C21H29N5O4. The maximum absolute atomic E-state index is 12.5. The van der Waals surface area contributed by atoms with Crippen molar-refractivity contribution in [2.75, 3.05) is 13.2 Å². The molecule has 30 heavy (non-hydrogen) atoms. The Hall–Kier alpha value is -3.23. The molecule has 9 heteroatoms. The largest absolute Gasteiger partial charge is 0.450 e. The molecule has 162 valence electrons. The van der Waals surface area contributed by atoms with E-state index < -0.39 is 6.09 Å². The molecule has 0 aliphatic heterocycles. The van der Waals surface area contributed by atoms with Crippen LogP contribution < -0.4 is 16.2 Å². The highest BCUT2D eigenvalue weighted by atomic mass is 16.5. The van der Waals surface area contributed by atoms with E-state index in [9.17, 15) is 14.4 Å². The fourth-order valence-electron chi connectivity index (χ4n) is 3.03. The molecule has 0 aliphatic carbocycles. The summed E-state index contributed by atoms with van der Waals surface area (Å²) in [7, 11) is 0. The molecule has 0 saturated heterocycles. The van der Waals surface area contributed by atoms with Gasteiger partial charge in [0.15, 0.2) is 0 Å². The highest BCUT2D eigenvalue weighted by Gasteiger charge is 2.18. The maximum atomic E-state index is 12.5. The topological polar surface area (TPSA) is 126 Å². The normalized spacial score (nSPS) is 11.8. The third-order valence-electron chi connectivity index (χ3n) is 4.41. The smallest absolute Gasteiger partial charge is 0.407 e. The number of amides is 2. The van der Waals surface area contributed by atoms with Crippen molar-refractivity contribution < 1.29 is 14.3 Å². The van der Waals surface area contributed by atoms with Gasteiger partial charge in [-0.25, -0.2) is 9.78 Å². The molecule has 0 unspecified atom stereocenters. The second-order valence-electron chi connectivity index (χ2n) is 7.39. The van der Waals surface area contributed by atoms with E-state index in [-0.39, 0.29) is 37.1 Å². The van der Waals surface area contributed by atoms with E-state index in [1.165, 1.54) is 0 Å². The van der Waals surface area contributed by atoms with Gasteiger partial charge in [0, 0.05) is 41.8 Å². The van der Waals surface area contributed by atoms with Crippen molar-refractivity contribution in [2.24, 2.45) is 5.92 Å². The van der Waals surface area contributed by atoms with Crippen LogP contribution in [0.3, 0.4) is 0 Å². The number of carbonyl (C=O) groups excluding carboxylic acids is 2. The Morgan fingerprint density at radius 1 is 1.23 bits per heavy atom. The number of hydrogen-bond donors (Lipinski definition) is 3. The number of hydrogen-bond acceptors (Lipinski definition) is 6. The van der Waals surface area contributed by atoms with Gasteiger partial charge in [-0.2, -0.15) is 0 Å². The van der Waals surface area contributed by atoms with Gasteiger partial charge in [-0.3, -0.25) is 14.6 Å².